The zero-order valence-corrected chi connectivity index (χ0v) is 35.3. The van der Waals surface area contributed by atoms with Gasteiger partial charge in [-0.3, -0.25) is 14.6 Å². The van der Waals surface area contributed by atoms with Crippen molar-refractivity contribution in [3.8, 4) is 34.8 Å². The number of urea groups is 2. The Kier molecular flexibility index (Phi) is 14.1. The van der Waals surface area contributed by atoms with Gasteiger partial charge in [-0.05, 0) is 60.7 Å². The number of anilines is 4. The summed E-state index contributed by atoms with van der Waals surface area (Å²) in [4.78, 5) is 67.2. The lowest BCUT2D eigenvalue weighted by molar-refractivity contribution is -0.138. The second kappa shape index (κ2) is 20.2. The minimum Gasteiger partial charge on any atom is -0.489 e. The van der Waals surface area contributed by atoms with E-state index in [-0.39, 0.29) is 60.8 Å². The van der Waals surface area contributed by atoms with Gasteiger partial charge in [-0.1, -0.05) is 12.1 Å². The summed E-state index contributed by atoms with van der Waals surface area (Å²) >= 11 is 0. The number of hydrogen-bond acceptors (Lipinski definition) is 13. The quantitative estimate of drug-likeness (QED) is 0.0966. The molecule has 0 atom stereocenters. The van der Waals surface area contributed by atoms with Crippen molar-refractivity contribution in [1.82, 2.24) is 25.3 Å². The first-order chi connectivity index (χ1) is 32.5. The standard InChI is InChI=1S/C22H18F3N5O4.C22H17F3N4O5/c1-26-20(31)16-11-19(28-12-27-16)34-15-5-6-17-18(10-15)33-8-7-30(17)21(32)29-14-4-2-3-13(9-14)22(23,24)25;1-32-20(30)16-11-19(27-12-26-16)34-15-5-6-17-18(10-15)33-8-7-29(17)21(31)28-14-4-2-3-13(9-14)22(23,24)25/h2-6,9-12H,7-8H2,1H3,(H,26,31)(H,29,32);2-6,9-12H,7-8H2,1H3,(H,28,31). The van der Waals surface area contributed by atoms with Gasteiger partial charge >= 0.3 is 30.4 Å². The summed E-state index contributed by atoms with van der Waals surface area (Å²) < 4.78 is 105. The van der Waals surface area contributed by atoms with Gasteiger partial charge in [-0.25, -0.2) is 34.3 Å². The molecule has 3 N–H and O–H groups in total. The van der Waals surface area contributed by atoms with E-state index >= 15 is 0 Å². The Morgan fingerprint density at radius 1 is 0.603 bits per heavy atom. The number of carbonyl (C=O) groups excluding carboxylic acids is 4. The van der Waals surface area contributed by atoms with Crippen LogP contribution in [0.1, 0.15) is 32.1 Å². The third-order valence-electron chi connectivity index (χ3n) is 9.54. The summed E-state index contributed by atoms with van der Waals surface area (Å²) in [5.41, 5.74) is -0.745. The number of benzene rings is 4. The molecule has 0 unspecified atom stereocenters. The van der Waals surface area contributed by atoms with Crippen molar-refractivity contribution in [2.24, 2.45) is 0 Å². The normalized spacial score (nSPS) is 12.9. The van der Waals surface area contributed by atoms with Gasteiger partial charge in [0.15, 0.2) is 5.69 Å². The molecule has 8 rings (SSSR count). The number of carbonyl (C=O) groups is 4. The highest BCUT2D eigenvalue weighted by molar-refractivity contribution is 6.04. The maximum Gasteiger partial charge on any atom is 0.416 e. The fourth-order valence-corrected chi connectivity index (χ4v) is 6.38. The Hall–Kier alpha value is -8.70. The zero-order chi connectivity index (χ0) is 48.6. The number of rotatable bonds is 8. The summed E-state index contributed by atoms with van der Waals surface area (Å²) in [6, 6.07) is 19.6. The summed E-state index contributed by atoms with van der Waals surface area (Å²) in [5, 5.41) is 7.42. The summed E-state index contributed by atoms with van der Waals surface area (Å²) in [5.74, 6) is 0.475. The van der Waals surface area contributed by atoms with Gasteiger partial charge in [-0.2, -0.15) is 26.3 Å². The highest BCUT2D eigenvalue weighted by atomic mass is 19.4. The largest absolute Gasteiger partial charge is 0.489 e. The molecule has 0 spiro atoms. The molecule has 18 nitrogen and oxygen atoms in total. The van der Waals surface area contributed by atoms with E-state index < -0.39 is 47.4 Å². The Morgan fingerprint density at radius 3 is 1.50 bits per heavy atom. The van der Waals surface area contributed by atoms with Crippen molar-refractivity contribution in [3.63, 3.8) is 0 Å². The van der Waals surface area contributed by atoms with Crippen molar-refractivity contribution in [1.29, 1.82) is 0 Å². The summed E-state index contributed by atoms with van der Waals surface area (Å²) in [6.45, 7) is 0.707. The van der Waals surface area contributed by atoms with Crippen molar-refractivity contribution in [2.75, 3.05) is 60.9 Å². The topological polar surface area (TPSA) is 209 Å². The SMILES string of the molecule is CNC(=O)c1cc(Oc2ccc3c(c2)OCCN3C(=O)Nc2cccc(C(F)(F)F)c2)ncn1.COC(=O)c1cc(Oc2ccc3c(c2)OCCN3C(=O)Nc2cccc(C(F)(F)F)c2)ncn1. The minimum absolute atomic E-state index is 0.0120. The molecule has 0 saturated heterocycles. The fourth-order valence-electron chi connectivity index (χ4n) is 6.38. The number of ether oxygens (including phenoxy) is 5. The molecule has 68 heavy (non-hydrogen) atoms. The Bertz CT molecular complexity index is 2660. The number of methoxy groups -OCH3 is 1. The van der Waals surface area contributed by atoms with Gasteiger partial charge in [-0.15, -0.1) is 0 Å². The van der Waals surface area contributed by atoms with Crippen LogP contribution in [0.5, 0.6) is 34.8 Å². The Balaban J connectivity index is 0.000000201. The predicted molar refractivity (Wildman–Crippen MR) is 228 cm³/mol. The maximum atomic E-state index is 13.0. The molecule has 0 radical (unpaired) electrons. The van der Waals surface area contributed by atoms with Crippen LogP contribution in [0.4, 0.5) is 58.7 Å². The molecule has 2 aliphatic rings. The van der Waals surface area contributed by atoms with E-state index in [0.717, 1.165) is 30.6 Å². The first-order valence-electron chi connectivity index (χ1n) is 19.8. The number of fused-ring (bicyclic) bond motifs is 2. The van der Waals surface area contributed by atoms with E-state index in [0.29, 0.717) is 34.4 Å². The van der Waals surface area contributed by atoms with Crippen molar-refractivity contribution < 1.29 is 69.2 Å². The van der Waals surface area contributed by atoms with Gasteiger partial charge in [0, 0.05) is 42.7 Å². The average molecular weight is 948 g/mol. The average Bonchev–Trinajstić information content (AvgIpc) is 3.33. The molecular weight excluding hydrogens is 913 g/mol. The monoisotopic (exact) mass is 947 g/mol. The lowest BCUT2D eigenvalue weighted by Crippen LogP contribution is -2.40. The number of hydrogen-bond donors (Lipinski definition) is 3. The van der Waals surface area contributed by atoms with Crippen LogP contribution < -0.4 is 44.7 Å². The highest BCUT2D eigenvalue weighted by Gasteiger charge is 2.33. The number of amides is 5. The van der Waals surface area contributed by atoms with Crippen LogP contribution in [0.3, 0.4) is 0 Å². The van der Waals surface area contributed by atoms with E-state index in [1.807, 2.05) is 0 Å². The number of esters is 1. The molecule has 0 aliphatic carbocycles. The molecule has 24 heteroatoms. The second-order valence-electron chi connectivity index (χ2n) is 14.0. The van der Waals surface area contributed by atoms with Gasteiger partial charge in [0.2, 0.25) is 11.8 Å². The third-order valence-corrected chi connectivity index (χ3v) is 9.54. The molecule has 4 heterocycles. The first-order valence-corrected chi connectivity index (χ1v) is 19.8. The smallest absolute Gasteiger partial charge is 0.416 e. The highest BCUT2D eigenvalue weighted by Crippen LogP contribution is 2.39. The lowest BCUT2D eigenvalue weighted by Gasteiger charge is -2.30. The van der Waals surface area contributed by atoms with Crippen LogP contribution in [0.15, 0.2) is 110 Å². The van der Waals surface area contributed by atoms with Crippen LogP contribution in [-0.2, 0) is 17.1 Å². The van der Waals surface area contributed by atoms with E-state index in [1.54, 1.807) is 30.3 Å². The molecule has 5 amide bonds. The van der Waals surface area contributed by atoms with Gasteiger partial charge in [0.1, 0.15) is 54.6 Å². The van der Waals surface area contributed by atoms with Crippen molar-refractivity contribution >= 4 is 46.7 Å². The summed E-state index contributed by atoms with van der Waals surface area (Å²) in [7, 11) is 2.70. The van der Waals surface area contributed by atoms with E-state index in [1.165, 1.54) is 72.7 Å². The van der Waals surface area contributed by atoms with Crippen LogP contribution in [0.25, 0.3) is 0 Å². The Labute approximate surface area is 380 Å². The predicted octanol–water partition coefficient (Wildman–Crippen LogP) is 8.58. The summed E-state index contributed by atoms with van der Waals surface area (Å²) in [6.07, 6.45) is -6.71. The van der Waals surface area contributed by atoms with Crippen LogP contribution in [0, 0.1) is 0 Å². The number of aromatic nitrogens is 4. The molecule has 0 bridgehead atoms. The van der Waals surface area contributed by atoms with Crippen molar-refractivity contribution in [3.05, 3.63) is 132 Å². The maximum absolute atomic E-state index is 13.0. The molecule has 352 valence electrons. The molecule has 6 aromatic rings. The fraction of sp³-hybridized carbons (Fsp3) is 0.182. The number of nitrogens with zero attached hydrogens (tertiary/aromatic N) is 6. The van der Waals surface area contributed by atoms with E-state index in [4.69, 9.17) is 18.9 Å². The molecule has 0 saturated carbocycles. The van der Waals surface area contributed by atoms with Crippen LogP contribution in [-0.4, -0.2) is 84.3 Å². The van der Waals surface area contributed by atoms with Crippen LogP contribution in [0.2, 0.25) is 0 Å². The van der Waals surface area contributed by atoms with Gasteiger partial charge in [0.05, 0.1) is 42.7 Å². The molecule has 4 aromatic carbocycles. The Morgan fingerprint density at radius 2 is 1.06 bits per heavy atom. The zero-order valence-electron chi connectivity index (χ0n) is 35.3. The molecule has 2 aliphatic heterocycles. The number of nitrogens with one attached hydrogen (secondary N) is 3. The lowest BCUT2D eigenvalue weighted by atomic mass is 10.2. The van der Waals surface area contributed by atoms with Gasteiger partial charge < -0.3 is 39.6 Å². The van der Waals surface area contributed by atoms with E-state index in [2.05, 4.69) is 40.6 Å². The second-order valence-corrected chi connectivity index (χ2v) is 14.0. The number of alkyl halides is 6. The number of halogens is 6. The van der Waals surface area contributed by atoms with Gasteiger partial charge in [0.25, 0.3) is 5.91 Å². The van der Waals surface area contributed by atoms with Crippen LogP contribution >= 0.6 is 0 Å². The van der Waals surface area contributed by atoms with Crippen molar-refractivity contribution in [2.45, 2.75) is 12.4 Å². The third kappa shape index (κ3) is 11.6. The molecular formula is C44H35F6N9O9. The minimum atomic E-state index is -4.52. The molecule has 0 fully saturated rings. The first kappa shape index (κ1) is 47.3. The molecule has 2 aromatic heterocycles. The van der Waals surface area contributed by atoms with E-state index in [9.17, 15) is 45.5 Å².